The molecular formula is C19H28N2O3S. The molecule has 1 aromatic carbocycles. The molecule has 0 spiro atoms. The molecule has 1 aromatic rings. The van der Waals surface area contributed by atoms with Crippen LogP contribution in [0.1, 0.15) is 45.4 Å². The zero-order valence-corrected chi connectivity index (χ0v) is 15.9. The number of allylic oxidation sites excluding steroid dienone is 1. The van der Waals surface area contributed by atoms with Crippen LogP contribution in [0.4, 0.5) is 5.69 Å². The number of hydrogen-bond donors (Lipinski definition) is 1. The Kier molecular flexibility index (Phi) is 7.05. The van der Waals surface area contributed by atoms with Gasteiger partial charge >= 0.3 is 0 Å². The Morgan fingerprint density at radius 3 is 2.52 bits per heavy atom. The first-order valence-corrected chi connectivity index (χ1v) is 10.8. The van der Waals surface area contributed by atoms with Gasteiger partial charge in [0.2, 0.25) is 15.9 Å². The van der Waals surface area contributed by atoms with E-state index in [9.17, 15) is 13.2 Å². The van der Waals surface area contributed by atoms with Crippen molar-refractivity contribution in [3.8, 4) is 0 Å². The van der Waals surface area contributed by atoms with Crippen molar-refractivity contribution in [2.45, 2.75) is 51.5 Å². The SMILES string of the molecule is CCC(C(=O)NCCC1=CCCCC1)N(c1ccccc1)S(C)(=O)=O. The average Bonchev–Trinajstić information content (AvgIpc) is 2.60. The van der Waals surface area contributed by atoms with Gasteiger partial charge in [-0.05, 0) is 50.7 Å². The summed E-state index contributed by atoms with van der Waals surface area (Å²) in [6.45, 7) is 2.38. The summed E-state index contributed by atoms with van der Waals surface area (Å²) in [6, 6.07) is 8.05. The standard InChI is InChI=1S/C19H28N2O3S/c1-3-18(19(22)20-15-14-16-10-6-4-7-11-16)21(25(2,23)24)17-12-8-5-9-13-17/h5,8-10,12-13,18H,3-4,6-7,11,14-15H2,1-2H3,(H,20,22). The van der Waals surface area contributed by atoms with Crippen LogP contribution in [0, 0.1) is 0 Å². The molecule has 5 nitrogen and oxygen atoms in total. The normalized spacial score (nSPS) is 16.0. The number of amides is 1. The average molecular weight is 365 g/mol. The van der Waals surface area contributed by atoms with Crippen LogP contribution in [-0.2, 0) is 14.8 Å². The lowest BCUT2D eigenvalue weighted by Gasteiger charge is -2.30. The van der Waals surface area contributed by atoms with E-state index < -0.39 is 16.1 Å². The van der Waals surface area contributed by atoms with Gasteiger partial charge in [-0.3, -0.25) is 9.10 Å². The van der Waals surface area contributed by atoms with Crippen molar-refractivity contribution in [3.63, 3.8) is 0 Å². The van der Waals surface area contributed by atoms with E-state index in [-0.39, 0.29) is 5.91 Å². The second-order valence-corrected chi connectivity index (χ2v) is 8.33. The van der Waals surface area contributed by atoms with E-state index in [4.69, 9.17) is 0 Å². The van der Waals surface area contributed by atoms with Crippen molar-refractivity contribution in [2.24, 2.45) is 0 Å². The molecule has 1 N–H and O–H groups in total. The van der Waals surface area contributed by atoms with Gasteiger partial charge in [-0.2, -0.15) is 0 Å². The topological polar surface area (TPSA) is 66.5 Å². The maximum atomic E-state index is 12.6. The predicted molar refractivity (Wildman–Crippen MR) is 102 cm³/mol. The van der Waals surface area contributed by atoms with Gasteiger partial charge in [-0.15, -0.1) is 0 Å². The van der Waals surface area contributed by atoms with E-state index in [2.05, 4.69) is 11.4 Å². The van der Waals surface area contributed by atoms with Gasteiger partial charge in [0, 0.05) is 6.54 Å². The molecular weight excluding hydrogens is 336 g/mol. The predicted octanol–water partition coefficient (Wildman–Crippen LogP) is 3.24. The van der Waals surface area contributed by atoms with E-state index in [1.807, 2.05) is 13.0 Å². The lowest BCUT2D eigenvalue weighted by atomic mass is 9.97. The molecule has 0 aromatic heterocycles. The maximum Gasteiger partial charge on any atom is 0.243 e. The summed E-state index contributed by atoms with van der Waals surface area (Å²) in [5.41, 5.74) is 1.91. The number of nitrogens with zero attached hydrogens (tertiary/aromatic N) is 1. The molecule has 1 amide bonds. The Balaban J connectivity index is 2.06. The third-order valence-corrected chi connectivity index (χ3v) is 5.65. The Hall–Kier alpha value is -1.82. The number of sulfonamides is 1. The highest BCUT2D eigenvalue weighted by atomic mass is 32.2. The first-order valence-electron chi connectivity index (χ1n) is 8.93. The summed E-state index contributed by atoms with van der Waals surface area (Å²) in [7, 11) is -3.56. The fourth-order valence-corrected chi connectivity index (χ4v) is 4.44. The van der Waals surface area contributed by atoms with Crippen LogP contribution in [0.2, 0.25) is 0 Å². The molecule has 0 bridgehead atoms. The molecule has 1 atom stereocenters. The number of carbonyl (C=O) groups is 1. The van der Waals surface area contributed by atoms with Crippen LogP contribution in [0.25, 0.3) is 0 Å². The highest BCUT2D eigenvalue weighted by Gasteiger charge is 2.31. The van der Waals surface area contributed by atoms with Crippen molar-refractivity contribution in [3.05, 3.63) is 42.0 Å². The van der Waals surface area contributed by atoms with Gasteiger partial charge in [0.25, 0.3) is 0 Å². The molecule has 2 rings (SSSR count). The highest BCUT2D eigenvalue weighted by molar-refractivity contribution is 7.92. The molecule has 6 heteroatoms. The summed E-state index contributed by atoms with van der Waals surface area (Å²) in [6.07, 6.45) is 9.34. The largest absolute Gasteiger partial charge is 0.354 e. The monoisotopic (exact) mass is 364 g/mol. The number of para-hydroxylation sites is 1. The zero-order valence-electron chi connectivity index (χ0n) is 15.1. The Morgan fingerprint density at radius 2 is 1.96 bits per heavy atom. The van der Waals surface area contributed by atoms with Gasteiger partial charge in [0.05, 0.1) is 11.9 Å². The molecule has 0 aliphatic heterocycles. The molecule has 0 radical (unpaired) electrons. The van der Waals surface area contributed by atoms with E-state index in [0.717, 1.165) is 25.5 Å². The number of nitrogens with one attached hydrogen (secondary N) is 1. The lowest BCUT2D eigenvalue weighted by Crippen LogP contribution is -2.49. The minimum absolute atomic E-state index is 0.242. The van der Waals surface area contributed by atoms with Gasteiger partial charge in [-0.25, -0.2) is 8.42 Å². The summed E-state index contributed by atoms with van der Waals surface area (Å²) in [5, 5.41) is 2.92. The Morgan fingerprint density at radius 1 is 1.24 bits per heavy atom. The first-order chi connectivity index (χ1) is 11.9. The molecule has 0 saturated heterocycles. The summed E-state index contributed by atoms with van der Waals surface area (Å²) < 4.78 is 25.8. The van der Waals surface area contributed by atoms with Gasteiger partial charge in [-0.1, -0.05) is 36.8 Å². The van der Waals surface area contributed by atoms with Crippen molar-refractivity contribution in [1.82, 2.24) is 5.32 Å². The minimum atomic E-state index is -3.56. The molecule has 1 aliphatic rings. The second-order valence-electron chi connectivity index (χ2n) is 6.47. The number of benzene rings is 1. The van der Waals surface area contributed by atoms with Crippen LogP contribution in [-0.4, -0.2) is 33.2 Å². The summed E-state index contributed by atoms with van der Waals surface area (Å²) in [4.78, 5) is 12.6. The van der Waals surface area contributed by atoms with Gasteiger partial charge in [0.1, 0.15) is 6.04 Å². The van der Waals surface area contributed by atoms with Gasteiger partial charge < -0.3 is 5.32 Å². The fraction of sp³-hybridized carbons (Fsp3) is 0.526. The van der Waals surface area contributed by atoms with Crippen LogP contribution < -0.4 is 9.62 Å². The van der Waals surface area contributed by atoms with Crippen LogP contribution >= 0.6 is 0 Å². The van der Waals surface area contributed by atoms with Crippen molar-refractivity contribution < 1.29 is 13.2 Å². The number of anilines is 1. The number of rotatable bonds is 8. The molecule has 1 unspecified atom stereocenters. The van der Waals surface area contributed by atoms with Crippen LogP contribution in [0.3, 0.4) is 0 Å². The van der Waals surface area contributed by atoms with Crippen molar-refractivity contribution in [1.29, 1.82) is 0 Å². The third-order valence-electron chi connectivity index (χ3n) is 4.47. The smallest absolute Gasteiger partial charge is 0.243 e. The molecule has 25 heavy (non-hydrogen) atoms. The van der Waals surface area contributed by atoms with Crippen LogP contribution in [0.15, 0.2) is 42.0 Å². The van der Waals surface area contributed by atoms with Crippen molar-refractivity contribution >= 4 is 21.6 Å². The van der Waals surface area contributed by atoms with E-state index in [0.29, 0.717) is 18.7 Å². The highest BCUT2D eigenvalue weighted by Crippen LogP contribution is 2.22. The Bertz CT molecular complexity index is 699. The van der Waals surface area contributed by atoms with E-state index in [1.54, 1.807) is 24.3 Å². The first kappa shape index (κ1) is 19.5. The molecule has 138 valence electrons. The summed E-state index contributed by atoms with van der Waals surface area (Å²) in [5.74, 6) is -0.242. The molecule has 0 saturated carbocycles. The van der Waals surface area contributed by atoms with Crippen LogP contribution in [0.5, 0.6) is 0 Å². The van der Waals surface area contributed by atoms with Crippen molar-refractivity contribution in [2.75, 3.05) is 17.1 Å². The maximum absolute atomic E-state index is 12.6. The lowest BCUT2D eigenvalue weighted by molar-refractivity contribution is -0.122. The van der Waals surface area contributed by atoms with E-state index in [1.165, 1.54) is 22.7 Å². The molecule has 0 heterocycles. The molecule has 1 aliphatic carbocycles. The Labute approximate surface area is 151 Å². The third kappa shape index (κ3) is 5.59. The molecule has 0 fully saturated rings. The number of hydrogen-bond acceptors (Lipinski definition) is 3. The quantitative estimate of drug-likeness (QED) is 0.720. The number of carbonyl (C=O) groups excluding carboxylic acids is 1. The van der Waals surface area contributed by atoms with E-state index >= 15 is 0 Å². The minimum Gasteiger partial charge on any atom is -0.354 e. The fourth-order valence-electron chi connectivity index (χ4n) is 3.23. The summed E-state index contributed by atoms with van der Waals surface area (Å²) >= 11 is 0. The zero-order chi connectivity index (χ0) is 18.3. The van der Waals surface area contributed by atoms with Gasteiger partial charge in [0.15, 0.2) is 0 Å². The second kappa shape index (κ2) is 9.04.